The molecule has 1 aliphatic carbocycles. The predicted molar refractivity (Wildman–Crippen MR) is 87.1 cm³/mol. The summed E-state index contributed by atoms with van der Waals surface area (Å²) in [6.45, 7) is 10.8. The Balaban J connectivity index is 1.90. The zero-order valence-electron chi connectivity index (χ0n) is 14.6. The minimum Gasteiger partial charge on any atom is -0.487 e. The number of rotatable bonds is 4. The molecule has 0 aliphatic heterocycles. The van der Waals surface area contributed by atoms with Crippen LogP contribution in [0, 0.1) is 5.82 Å². The van der Waals surface area contributed by atoms with Crippen molar-refractivity contribution in [3.05, 3.63) is 29.6 Å². The highest BCUT2D eigenvalue weighted by Gasteiger charge is 2.43. The summed E-state index contributed by atoms with van der Waals surface area (Å²) >= 11 is 0. The molecule has 0 unspecified atom stereocenters. The Hall–Kier alpha value is -1.08. The molecule has 0 amide bonds. The van der Waals surface area contributed by atoms with Gasteiger partial charge in [0.1, 0.15) is 6.10 Å². The summed E-state index contributed by atoms with van der Waals surface area (Å²) < 4.78 is 63.0. The molecular weight excluding hydrogens is 340 g/mol. The van der Waals surface area contributed by atoms with Gasteiger partial charge in [0.05, 0.1) is 11.7 Å². The SMILES string of the molecule is CC(C)(C)[Si](C)(C)O[C@H]1C[C@@H](Oc2ccc(C(F)(F)F)cc2F)C1. The molecule has 0 heterocycles. The van der Waals surface area contributed by atoms with Crippen LogP contribution in [-0.2, 0) is 10.6 Å². The standard InChI is InChI=1S/C17H24F4O2Si/c1-16(2,3)24(4,5)23-13-9-12(10-13)22-15-7-6-11(8-14(15)18)17(19,20)21/h6-8,12-13H,9-10H2,1-5H3/t12-,13+. The largest absolute Gasteiger partial charge is 0.487 e. The van der Waals surface area contributed by atoms with Gasteiger partial charge < -0.3 is 9.16 Å². The van der Waals surface area contributed by atoms with Gasteiger partial charge in [-0.2, -0.15) is 13.2 Å². The molecule has 0 spiro atoms. The minimum atomic E-state index is -4.56. The first-order chi connectivity index (χ1) is 10.8. The van der Waals surface area contributed by atoms with Crippen LogP contribution in [0.5, 0.6) is 5.75 Å². The Morgan fingerprint density at radius 3 is 2.08 bits per heavy atom. The van der Waals surface area contributed by atoms with Gasteiger partial charge in [0, 0.05) is 12.8 Å². The zero-order valence-corrected chi connectivity index (χ0v) is 15.6. The van der Waals surface area contributed by atoms with Crippen molar-refractivity contribution in [3.8, 4) is 5.75 Å². The van der Waals surface area contributed by atoms with Gasteiger partial charge in [-0.3, -0.25) is 0 Å². The van der Waals surface area contributed by atoms with Gasteiger partial charge in [0.2, 0.25) is 0 Å². The van der Waals surface area contributed by atoms with Crippen molar-refractivity contribution in [3.63, 3.8) is 0 Å². The number of ether oxygens (including phenoxy) is 1. The second kappa shape index (κ2) is 6.33. The zero-order chi connectivity index (χ0) is 18.3. The second-order valence-electron chi connectivity index (χ2n) is 7.85. The molecule has 0 atom stereocenters. The molecule has 2 rings (SSSR count). The molecule has 0 saturated heterocycles. The van der Waals surface area contributed by atoms with Gasteiger partial charge in [-0.1, -0.05) is 20.8 Å². The molecule has 0 aromatic heterocycles. The lowest BCUT2D eigenvalue weighted by molar-refractivity contribution is -0.137. The van der Waals surface area contributed by atoms with E-state index in [0.717, 1.165) is 12.1 Å². The van der Waals surface area contributed by atoms with E-state index in [1.807, 2.05) is 0 Å². The highest BCUT2D eigenvalue weighted by atomic mass is 28.4. The molecule has 2 nitrogen and oxygen atoms in total. The first-order valence-corrected chi connectivity index (χ1v) is 10.9. The van der Waals surface area contributed by atoms with E-state index < -0.39 is 25.9 Å². The van der Waals surface area contributed by atoms with Crippen LogP contribution in [0.15, 0.2) is 18.2 Å². The van der Waals surface area contributed by atoms with E-state index in [2.05, 4.69) is 33.9 Å². The van der Waals surface area contributed by atoms with Crippen LogP contribution in [0.2, 0.25) is 18.1 Å². The van der Waals surface area contributed by atoms with Gasteiger partial charge in [0.15, 0.2) is 19.9 Å². The average Bonchev–Trinajstić information content (AvgIpc) is 2.35. The third-order valence-corrected chi connectivity index (χ3v) is 9.41. The molecule has 1 fully saturated rings. The molecule has 0 radical (unpaired) electrons. The van der Waals surface area contributed by atoms with Crippen LogP contribution >= 0.6 is 0 Å². The molecule has 1 saturated carbocycles. The summed E-state index contributed by atoms with van der Waals surface area (Å²) in [6.07, 6.45) is -3.43. The van der Waals surface area contributed by atoms with E-state index in [9.17, 15) is 17.6 Å². The maximum atomic E-state index is 13.8. The molecule has 0 bridgehead atoms. The van der Waals surface area contributed by atoms with Crippen LogP contribution in [0.25, 0.3) is 0 Å². The second-order valence-corrected chi connectivity index (χ2v) is 12.6. The van der Waals surface area contributed by atoms with Crippen molar-refractivity contribution in [2.45, 2.75) is 70.1 Å². The number of hydrogen-bond acceptors (Lipinski definition) is 2. The van der Waals surface area contributed by atoms with E-state index in [-0.39, 0.29) is 23.0 Å². The van der Waals surface area contributed by atoms with Crippen LogP contribution in [0.1, 0.15) is 39.2 Å². The first-order valence-electron chi connectivity index (χ1n) is 8.01. The van der Waals surface area contributed by atoms with Gasteiger partial charge in [0.25, 0.3) is 0 Å². The van der Waals surface area contributed by atoms with Gasteiger partial charge in [-0.05, 0) is 36.3 Å². The maximum absolute atomic E-state index is 13.8. The summed E-state index contributed by atoms with van der Waals surface area (Å²) in [5.74, 6) is -1.13. The van der Waals surface area contributed by atoms with Crippen LogP contribution in [0.4, 0.5) is 17.6 Å². The number of alkyl halides is 3. The number of benzene rings is 1. The monoisotopic (exact) mass is 364 g/mol. The first kappa shape index (κ1) is 19.2. The highest BCUT2D eigenvalue weighted by Crippen LogP contribution is 2.41. The van der Waals surface area contributed by atoms with Crippen LogP contribution < -0.4 is 4.74 Å². The van der Waals surface area contributed by atoms with Crippen LogP contribution in [0.3, 0.4) is 0 Å². The normalized spacial score (nSPS) is 22.2. The fourth-order valence-electron chi connectivity index (χ4n) is 2.26. The quantitative estimate of drug-likeness (QED) is 0.498. The summed E-state index contributed by atoms with van der Waals surface area (Å²) in [5.41, 5.74) is -1.01. The maximum Gasteiger partial charge on any atom is 0.416 e. The number of hydrogen-bond donors (Lipinski definition) is 0. The third kappa shape index (κ3) is 4.30. The van der Waals surface area contributed by atoms with Crippen LogP contribution in [-0.4, -0.2) is 20.5 Å². The van der Waals surface area contributed by atoms with Gasteiger partial charge >= 0.3 is 6.18 Å². The fraction of sp³-hybridized carbons (Fsp3) is 0.647. The topological polar surface area (TPSA) is 18.5 Å². The lowest BCUT2D eigenvalue weighted by Gasteiger charge is -2.44. The Morgan fingerprint density at radius 2 is 1.62 bits per heavy atom. The molecule has 1 aliphatic rings. The third-order valence-electron chi connectivity index (χ3n) is 4.87. The van der Waals surface area contributed by atoms with Crippen molar-refractivity contribution in [1.82, 2.24) is 0 Å². The fourth-order valence-corrected chi connectivity index (χ4v) is 3.63. The van der Waals surface area contributed by atoms with E-state index >= 15 is 0 Å². The Bertz CT molecular complexity index is 587. The molecule has 1 aromatic carbocycles. The summed E-state index contributed by atoms with van der Waals surface area (Å²) in [4.78, 5) is 0. The van der Waals surface area contributed by atoms with E-state index in [1.54, 1.807) is 0 Å². The average molecular weight is 364 g/mol. The molecule has 24 heavy (non-hydrogen) atoms. The van der Waals surface area contributed by atoms with Crippen molar-refractivity contribution in [2.24, 2.45) is 0 Å². The Morgan fingerprint density at radius 1 is 1.04 bits per heavy atom. The smallest absolute Gasteiger partial charge is 0.416 e. The lowest BCUT2D eigenvalue weighted by Crippen LogP contribution is -2.50. The Labute approximate surface area is 141 Å². The van der Waals surface area contributed by atoms with Crippen molar-refractivity contribution >= 4 is 8.32 Å². The predicted octanol–water partition coefficient (Wildman–Crippen LogP) is 5.78. The van der Waals surface area contributed by atoms with Crippen molar-refractivity contribution in [1.29, 1.82) is 0 Å². The molecular formula is C17H24F4O2Si. The molecule has 7 heteroatoms. The van der Waals surface area contributed by atoms with E-state index in [4.69, 9.17) is 9.16 Å². The molecule has 0 N–H and O–H groups in total. The van der Waals surface area contributed by atoms with Crippen molar-refractivity contribution in [2.75, 3.05) is 0 Å². The molecule has 1 aromatic rings. The number of halogens is 4. The van der Waals surface area contributed by atoms with E-state index in [1.165, 1.54) is 0 Å². The highest BCUT2D eigenvalue weighted by molar-refractivity contribution is 6.74. The van der Waals surface area contributed by atoms with Crippen molar-refractivity contribution < 1.29 is 26.7 Å². The Kier molecular flexibility index (Phi) is 5.08. The summed E-state index contributed by atoms with van der Waals surface area (Å²) in [7, 11) is -1.85. The van der Waals surface area contributed by atoms with Gasteiger partial charge in [-0.25, -0.2) is 4.39 Å². The summed E-state index contributed by atoms with van der Waals surface area (Å²) in [6, 6.07) is 2.35. The molecule has 136 valence electrons. The lowest BCUT2D eigenvalue weighted by atomic mass is 9.92. The van der Waals surface area contributed by atoms with E-state index in [0.29, 0.717) is 18.9 Å². The summed E-state index contributed by atoms with van der Waals surface area (Å²) in [5, 5.41) is 0.110. The van der Waals surface area contributed by atoms with Gasteiger partial charge in [-0.15, -0.1) is 0 Å². The minimum absolute atomic E-state index is 0.0772.